The minimum absolute atomic E-state index is 0.143. The van der Waals surface area contributed by atoms with Gasteiger partial charge in [0.2, 0.25) is 0 Å². The van der Waals surface area contributed by atoms with Gasteiger partial charge in [-0.3, -0.25) is 4.90 Å². The zero-order valence-electron chi connectivity index (χ0n) is 23.3. The normalized spacial score (nSPS) is 24.1. The predicted octanol–water partition coefficient (Wildman–Crippen LogP) is 4.30. The van der Waals surface area contributed by atoms with Crippen LogP contribution < -0.4 is 20.7 Å². The molecule has 2 aromatic heterocycles. The van der Waals surface area contributed by atoms with E-state index in [4.69, 9.17) is 27.1 Å². The topological polar surface area (TPSA) is 108 Å². The number of aryl methyl sites for hydroxylation is 1. The van der Waals surface area contributed by atoms with Gasteiger partial charge >= 0.3 is 6.01 Å². The number of likely N-dealkylation sites (tertiary alicyclic amines) is 1. The van der Waals surface area contributed by atoms with E-state index in [1.165, 1.54) is 0 Å². The summed E-state index contributed by atoms with van der Waals surface area (Å²) >= 11 is 6.88. The second kappa shape index (κ2) is 9.72. The Hall–Kier alpha value is -3.65. The second-order valence-electron chi connectivity index (χ2n) is 11.8. The number of nitrogen functional groups attached to an aromatic ring is 1. The molecule has 0 aliphatic carbocycles. The van der Waals surface area contributed by atoms with E-state index in [1.54, 1.807) is 18.3 Å². The van der Waals surface area contributed by atoms with Crippen LogP contribution in [0.1, 0.15) is 25.3 Å². The number of rotatable bonds is 5. The number of nitriles is 1. The molecule has 9 nitrogen and oxygen atoms in total. The fraction of sp³-hybridized carbons (Fsp3) is 0.433. The van der Waals surface area contributed by atoms with Crippen molar-refractivity contribution in [2.45, 2.75) is 37.9 Å². The van der Waals surface area contributed by atoms with Gasteiger partial charge in [0.1, 0.15) is 24.0 Å². The molecule has 3 fully saturated rings. The van der Waals surface area contributed by atoms with Crippen LogP contribution in [0.3, 0.4) is 0 Å². The number of fused-ring (bicyclic) bond motifs is 4. The third kappa shape index (κ3) is 4.18. The van der Waals surface area contributed by atoms with E-state index in [2.05, 4.69) is 40.1 Å². The summed E-state index contributed by atoms with van der Waals surface area (Å²) in [5.41, 5.74) is 8.33. The Kier molecular flexibility index (Phi) is 6.23. The van der Waals surface area contributed by atoms with E-state index in [-0.39, 0.29) is 33.7 Å². The molecular formula is C30H32ClFN8O. The predicted molar refractivity (Wildman–Crippen MR) is 159 cm³/mol. The molecule has 3 saturated heterocycles. The van der Waals surface area contributed by atoms with Crippen LogP contribution in [0.5, 0.6) is 6.01 Å². The lowest BCUT2D eigenvalue weighted by molar-refractivity contribution is 0.0159. The molecule has 3 aliphatic heterocycles. The van der Waals surface area contributed by atoms with Crippen molar-refractivity contribution in [3.05, 3.63) is 40.8 Å². The number of aromatic nitrogens is 3. The van der Waals surface area contributed by atoms with Crippen molar-refractivity contribution in [3.8, 4) is 23.2 Å². The van der Waals surface area contributed by atoms with Crippen LogP contribution in [0, 0.1) is 23.1 Å². The summed E-state index contributed by atoms with van der Waals surface area (Å²) in [7, 11) is 3.91. The molecule has 0 spiro atoms. The maximum atomic E-state index is 16.8. The molecule has 2 aromatic carbocycles. The largest absolute Gasteiger partial charge is 0.462 e. The summed E-state index contributed by atoms with van der Waals surface area (Å²) < 4.78 is 24.8. The SMILES string of the molecule is C[C@@H]1CN(C)[C@@H]1COc1nc(N2CC3CCC(C2)N3)c2cc(Cl)c(-c3cn(C)c4ccc(N)c(C#N)c34)c(F)c2n1. The average molecular weight is 575 g/mol. The van der Waals surface area contributed by atoms with Crippen LogP contribution in [0.25, 0.3) is 32.9 Å². The number of likely N-dealkylation sites (N-methyl/N-ethyl adjacent to an activating group) is 1. The monoisotopic (exact) mass is 574 g/mol. The third-order valence-electron chi connectivity index (χ3n) is 9.11. The molecule has 212 valence electrons. The number of piperazine rings is 1. The van der Waals surface area contributed by atoms with E-state index in [0.717, 1.165) is 38.0 Å². The first-order valence-corrected chi connectivity index (χ1v) is 14.4. The summed E-state index contributed by atoms with van der Waals surface area (Å²) in [6.45, 7) is 5.15. The lowest BCUT2D eigenvalue weighted by atomic mass is 9.92. The van der Waals surface area contributed by atoms with Gasteiger partial charge in [0.15, 0.2) is 5.82 Å². The first kappa shape index (κ1) is 26.3. The van der Waals surface area contributed by atoms with E-state index in [9.17, 15) is 5.26 Å². The molecule has 5 heterocycles. The van der Waals surface area contributed by atoms with Crippen molar-refractivity contribution in [1.82, 2.24) is 24.8 Å². The first-order valence-electron chi connectivity index (χ1n) is 14.0. The van der Waals surface area contributed by atoms with Gasteiger partial charge < -0.3 is 25.3 Å². The van der Waals surface area contributed by atoms with Gasteiger partial charge in [-0.1, -0.05) is 18.5 Å². The van der Waals surface area contributed by atoms with E-state index >= 15 is 4.39 Å². The summed E-state index contributed by atoms with van der Waals surface area (Å²) in [5, 5.41) is 14.9. The lowest BCUT2D eigenvalue weighted by Crippen LogP contribution is -2.55. The fourth-order valence-corrected chi connectivity index (χ4v) is 7.25. The fourth-order valence-electron chi connectivity index (χ4n) is 6.95. The van der Waals surface area contributed by atoms with E-state index in [0.29, 0.717) is 52.4 Å². The zero-order valence-corrected chi connectivity index (χ0v) is 24.0. The number of benzene rings is 2. The second-order valence-corrected chi connectivity index (χ2v) is 12.2. The van der Waals surface area contributed by atoms with Crippen molar-refractivity contribution in [2.24, 2.45) is 13.0 Å². The Morgan fingerprint density at radius 2 is 1.95 bits per heavy atom. The Labute approximate surface area is 242 Å². The standard InChI is InChI=1S/C30H32ClFN8O/c1-15-10-38(2)24(15)14-41-30-36-28-18(29(37-30)40-11-16-4-5-17(12-40)35-16)8-21(31)26(27(28)32)20-13-39(3)23-7-6-22(34)19(9-33)25(20)23/h6-8,13,15-17,24,35H,4-5,10-12,14,34H2,1-3H3/t15-,16?,17?,24-/m1/s1. The van der Waals surface area contributed by atoms with E-state index in [1.807, 2.05) is 17.7 Å². The molecule has 41 heavy (non-hydrogen) atoms. The number of ether oxygens (including phenoxy) is 1. The quantitative estimate of drug-likeness (QED) is 0.340. The molecule has 4 atom stereocenters. The summed E-state index contributed by atoms with van der Waals surface area (Å²) in [5.74, 6) is 0.552. The van der Waals surface area contributed by atoms with Crippen molar-refractivity contribution >= 4 is 44.9 Å². The first-order chi connectivity index (χ1) is 19.7. The van der Waals surface area contributed by atoms with Crippen LogP contribution in [0.15, 0.2) is 24.4 Å². The molecular weight excluding hydrogens is 543 g/mol. The molecule has 7 rings (SSSR count). The Morgan fingerprint density at radius 1 is 1.20 bits per heavy atom. The highest BCUT2D eigenvalue weighted by molar-refractivity contribution is 6.35. The molecule has 0 amide bonds. The highest BCUT2D eigenvalue weighted by Gasteiger charge is 2.36. The van der Waals surface area contributed by atoms with Crippen molar-refractivity contribution in [1.29, 1.82) is 5.26 Å². The number of nitrogens with one attached hydrogen (secondary N) is 1. The maximum absolute atomic E-state index is 16.8. The van der Waals surface area contributed by atoms with Crippen LogP contribution in [-0.4, -0.2) is 70.8 Å². The van der Waals surface area contributed by atoms with Crippen LogP contribution in [0.4, 0.5) is 15.9 Å². The van der Waals surface area contributed by atoms with Crippen LogP contribution >= 0.6 is 11.6 Å². The highest BCUT2D eigenvalue weighted by Crippen LogP contribution is 2.43. The van der Waals surface area contributed by atoms with Gasteiger partial charge in [-0.25, -0.2) is 4.39 Å². The Morgan fingerprint density at radius 3 is 2.63 bits per heavy atom. The number of nitrogens with zero attached hydrogens (tertiary/aromatic N) is 6. The zero-order chi connectivity index (χ0) is 28.6. The summed E-state index contributed by atoms with van der Waals surface area (Å²) in [6.07, 6.45) is 3.98. The van der Waals surface area contributed by atoms with Crippen molar-refractivity contribution in [3.63, 3.8) is 0 Å². The minimum Gasteiger partial charge on any atom is -0.462 e. The van der Waals surface area contributed by atoms with Gasteiger partial charge in [-0.05, 0) is 44.0 Å². The van der Waals surface area contributed by atoms with Gasteiger partial charge in [0.05, 0.1) is 16.3 Å². The van der Waals surface area contributed by atoms with Crippen molar-refractivity contribution in [2.75, 3.05) is 43.9 Å². The van der Waals surface area contributed by atoms with Gasteiger partial charge in [-0.15, -0.1) is 0 Å². The van der Waals surface area contributed by atoms with Gasteiger partial charge in [0.25, 0.3) is 0 Å². The number of hydrogen-bond acceptors (Lipinski definition) is 8. The van der Waals surface area contributed by atoms with Crippen LogP contribution in [0.2, 0.25) is 5.02 Å². The number of halogens is 2. The van der Waals surface area contributed by atoms with Crippen molar-refractivity contribution < 1.29 is 9.13 Å². The lowest BCUT2D eigenvalue weighted by Gasteiger charge is -2.43. The number of anilines is 2. The Bertz CT molecular complexity index is 1730. The average Bonchev–Trinajstić information content (AvgIpc) is 3.45. The molecule has 0 saturated carbocycles. The third-order valence-corrected chi connectivity index (χ3v) is 9.41. The number of hydrogen-bond donors (Lipinski definition) is 2. The molecule has 2 bridgehead atoms. The molecule has 0 radical (unpaired) electrons. The summed E-state index contributed by atoms with van der Waals surface area (Å²) in [4.78, 5) is 13.9. The molecule has 3 N–H and O–H groups in total. The highest BCUT2D eigenvalue weighted by atomic mass is 35.5. The molecule has 3 aliphatic rings. The van der Waals surface area contributed by atoms with Gasteiger partial charge in [0, 0.05) is 78.4 Å². The Balaban J connectivity index is 1.41. The van der Waals surface area contributed by atoms with Crippen LogP contribution in [-0.2, 0) is 7.05 Å². The maximum Gasteiger partial charge on any atom is 0.319 e. The molecule has 2 unspecified atom stereocenters. The summed E-state index contributed by atoms with van der Waals surface area (Å²) in [6, 6.07) is 8.57. The van der Waals surface area contributed by atoms with E-state index < -0.39 is 5.82 Å². The number of nitrogens with two attached hydrogens (primary N) is 1. The smallest absolute Gasteiger partial charge is 0.319 e. The molecule has 4 aromatic rings. The molecule has 11 heteroatoms. The minimum atomic E-state index is -0.577. The van der Waals surface area contributed by atoms with Gasteiger partial charge in [-0.2, -0.15) is 15.2 Å².